The van der Waals surface area contributed by atoms with Crippen molar-refractivity contribution in [3.8, 4) is 11.5 Å². The highest BCUT2D eigenvalue weighted by molar-refractivity contribution is 7.89. The minimum absolute atomic E-state index is 0.212. The third-order valence-corrected chi connectivity index (χ3v) is 7.25. The lowest BCUT2D eigenvalue weighted by Crippen LogP contribution is -2.40. The maximum atomic E-state index is 12.6. The summed E-state index contributed by atoms with van der Waals surface area (Å²) in [5.41, 5.74) is 0.869. The van der Waals surface area contributed by atoms with E-state index in [4.69, 9.17) is 25.8 Å². The number of morpholine rings is 1. The van der Waals surface area contributed by atoms with Gasteiger partial charge < -0.3 is 19.5 Å². The summed E-state index contributed by atoms with van der Waals surface area (Å²) in [6.45, 7) is 5.52. The van der Waals surface area contributed by atoms with E-state index in [1.165, 1.54) is 16.4 Å². The minimum atomic E-state index is -3.54. The lowest BCUT2D eigenvalue weighted by molar-refractivity contribution is -0.127. The minimum Gasteiger partial charge on any atom is -0.492 e. The van der Waals surface area contributed by atoms with Crippen molar-refractivity contribution < 1.29 is 27.4 Å². The van der Waals surface area contributed by atoms with E-state index in [1.54, 1.807) is 37.3 Å². The Kier molecular flexibility index (Phi) is 8.36. The summed E-state index contributed by atoms with van der Waals surface area (Å²) < 4.78 is 43.1. The first-order chi connectivity index (χ1) is 15.3. The molecule has 2 aromatic rings. The molecule has 8 nitrogen and oxygen atoms in total. The molecule has 1 heterocycles. The van der Waals surface area contributed by atoms with Gasteiger partial charge in [-0.2, -0.15) is 4.31 Å². The predicted molar refractivity (Wildman–Crippen MR) is 121 cm³/mol. The largest absolute Gasteiger partial charge is 0.492 e. The number of benzene rings is 2. The fraction of sp³-hybridized carbons (Fsp3) is 0.409. The summed E-state index contributed by atoms with van der Waals surface area (Å²) in [6.07, 6.45) is -0.680. The van der Waals surface area contributed by atoms with Crippen LogP contribution in [0.1, 0.15) is 12.5 Å². The molecular weight excluding hydrogens is 456 g/mol. The molecule has 1 fully saturated rings. The van der Waals surface area contributed by atoms with Gasteiger partial charge in [-0.25, -0.2) is 8.42 Å². The molecule has 174 valence electrons. The maximum Gasteiger partial charge on any atom is 0.260 e. The Labute approximate surface area is 193 Å². The summed E-state index contributed by atoms with van der Waals surface area (Å²) in [7, 11) is -3.54. The second kappa shape index (κ2) is 11.0. The van der Waals surface area contributed by atoms with Crippen molar-refractivity contribution >= 4 is 27.5 Å². The lowest BCUT2D eigenvalue weighted by atomic mass is 10.2. The number of rotatable bonds is 9. The zero-order valence-electron chi connectivity index (χ0n) is 18.0. The Bertz CT molecular complexity index is 1020. The number of sulfonamides is 1. The average Bonchev–Trinajstić information content (AvgIpc) is 2.80. The molecule has 0 unspecified atom stereocenters. The topological polar surface area (TPSA) is 94.2 Å². The molecule has 0 aliphatic carbocycles. The van der Waals surface area contributed by atoms with Gasteiger partial charge in [-0.1, -0.05) is 11.6 Å². The highest BCUT2D eigenvalue weighted by Gasteiger charge is 2.26. The number of hydrogen-bond acceptors (Lipinski definition) is 6. The van der Waals surface area contributed by atoms with Gasteiger partial charge in [0.2, 0.25) is 10.0 Å². The van der Waals surface area contributed by atoms with E-state index in [-0.39, 0.29) is 24.0 Å². The SMILES string of the molecule is Cc1cc(O[C@H](C)C(=O)NCCOc2ccc(S(=O)(=O)N3CCOCC3)cc2)ccc1Cl. The lowest BCUT2D eigenvalue weighted by Gasteiger charge is -2.26. The Hall–Kier alpha value is -2.33. The van der Waals surface area contributed by atoms with E-state index in [2.05, 4.69) is 5.32 Å². The summed E-state index contributed by atoms with van der Waals surface area (Å²) in [4.78, 5) is 12.4. The normalized spacial score (nSPS) is 15.7. The van der Waals surface area contributed by atoms with Crippen LogP contribution >= 0.6 is 11.6 Å². The number of hydrogen-bond donors (Lipinski definition) is 1. The first kappa shape index (κ1) is 24.3. The third-order valence-electron chi connectivity index (χ3n) is 4.91. The fourth-order valence-corrected chi connectivity index (χ4v) is 4.60. The number of ether oxygens (including phenoxy) is 3. The predicted octanol–water partition coefficient (Wildman–Crippen LogP) is 2.63. The molecule has 2 aromatic carbocycles. The second-order valence-corrected chi connectivity index (χ2v) is 9.64. The van der Waals surface area contributed by atoms with Crippen LogP contribution in [0.2, 0.25) is 5.02 Å². The zero-order chi connectivity index (χ0) is 23.1. The highest BCUT2D eigenvalue weighted by atomic mass is 35.5. The van der Waals surface area contributed by atoms with Crippen LogP contribution in [0.25, 0.3) is 0 Å². The summed E-state index contributed by atoms with van der Waals surface area (Å²) >= 11 is 6.00. The van der Waals surface area contributed by atoms with E-state index < -0.39 is 16.1 Å². The quantitative estimate of drug-likeness (QED) is 0.552. The smallest absolute Gasteiger partial charge is 0.260 e. The fourth-order valence-electron chi connectivity index (χ4n) is 3.08. The molecule has 32 heavy (non-hydrogen) atoms. The number of aryl methyl sites for hydroxylation is 1. The van der Waals surface area contributed by atoms with E-state index >= 15 is 0 Å². The molecule has 0 radical (unpaired) electrons. The van der Waals surface area contributed by atoms with Gasteiger partial charge in [-0.3, -0.25) is 4.79 Å². The molecule has 3 rings (SSSR count). The van der Waals surface area contributed by atoms with Crippen LogP contribution in [0.4, 0.5) is 0 Å². The number of halogens is 1. The Balaban J connectivity index is 1.43. The molecule has 10 heteroatoms. The van der Waals surface area contributed by atoms with Gasteiger partial charge in [-0.05, 0) is 61.9 Å². The van der Waals surface area contributed by atoms with Crippen molar-refractivity contribution in [2.45, 2.75) is 24.8 Å². The highest BCUT2D eigenvalue weighted by Crippen LogP contribution is 2.22. The summed E-state index contributed by atoms with van der Waals surface area (Å²) in [5.74, 6) is 0.812. The van der Waals surface area contributed by atoms with E-state index in [9.17, 15) is 13.2 Å². The van der Waals surface area contributed by atoms with Crippen LogP contribution in [-0.2, 0) is 19.6 Å². The molecular formula is C22H27ClN2O6S. The first-order valence-corrected chi connectivity index (χ1v) is 12.1. The molecule has 1 aliphatic rings. The van der Waals surface area contributed by atoms with Crippen molar-refractivity contribution in [3.05, 3.63) is 53.1 Å². The van der Waals surface area contributed by atoms with Crippen LogP contribution in [0.5, 0.6) is 11.5 Å². The summed E-state index contributed by atoms with van der Waals surface area (Å²) in [6, 6.07) is 11.4. The molecule has 1 amide bonds. The molecule has 1 aliphatic heterocycles. The van der Waals surface area contributed by atoms with Crippen LogP contribution in [0.15, 0.2) is 47.4 Å². The molecule has 0 spiro atoms. The number of nitrogens with one attached hydrogen (secondary N) is 1. The molecule has 1 saturated heterocycles. The van der Waals surface area contributed by atoms with E-state index in [0.29, 0.717) is 42.8 Å². The van der Waals surface area contributed by atoms with Gasteiger partial charge in [0, 0.05) is 18.1 Å². The summed E-state index contributed by atoms with van der Waals surface area (Å²) in [5, 5.41) is 3.39. The van der Waals surface area contributed by atoms with E-state index in [1.807, 2.05) is 6.92 Å². The molecule has 1 N–H and O–H groups in total. The van der Waals surface area contributed by atoms with Crippen molar-refractivity contribution in [1.29, 1.82) is 0 Å². The average molecular weight is 483 g/mol. The Morgan fingerprint density at radius 1 is 1.16 bits per heavy atom. The standard InChI is InChI=1S/C22H27ClN2O6S/c1-16-15-19(5-8-21(16)23)31-17(2)22(26)24-9-12-30-18-3-6-20(7-4-18)32(27,28)25-10-13-29-14-11-25/h3-8,15,17H,9-14H2,1-2H3,(H,24,26)/t17-/m1/s1. The molecule has 0 aromatic heterocycles. The number of amides is 1. The Morgan fingerprint density at radius 2 is 1.81 bits per heavy atom. The maximum absolute atomic E-state index is 12.6. The number of nitrogens with zero attached hydrogens (tertiary/aromatic N) is 1. The monoisotopic (exact) mass is 482 g/mol. The zero-order valence-corrected chi connectivity index (χ0v) is 19.6. The number of carbonyl (C=O) groups is 1. The van der Waals surface area contributed by atoms with Crippen LogP contribution in [0.3, 0.4) is 0 Å². The first-order valence-electron chi connectivity index (χ1n) is 10.3. The second-order valence-electron chi connectivity index (χ2n) is 7.30. The van der Waals surface area contributed by atoms with Gasteiger partial charge in [-0.15, -0.1) is 0 Å². The van der Waals surface area contributed by atoms with Gasteiger partial charge in [0.1, 0.15) is 18.1 Å². The van der Waals surface area contributed by atoms with Crippen LogP contribution < -0.4 is 14.8 Å². The molecule has 1 atom stereocenters. The van der Waals surface area contributed by atoms with Crippen molar-refractivity contribution in [3.63, 3.8) is 0 Å². The molecule has 0 saturated carbocycles. The van der Waals surface area contributed by atoms with Crippen LogP contribution in [0, 0.1) is 6.92 Å². The van der Waals surface area contributed by atoms with Crippen molar-refractivity contribution in [1.82, 2.24) is 9.62 Å². The van der Waals surface area contributed by atoms with Crippen molar-refractivity contribution in [2.75, 3.05) is 39.5 Å². The third kappa shape index (κ3) is 6.35. The van der Waals surface area contributed by atoms with Crippen molar-refractivity contribution in [2.24, 2.45) is 0 Å². The van der Waals surface area contributed by atoms with Gasteiger partial charge in [0.15, 0.2) is 6.10 Å². The Morgan fingerprint density at radius 3 is 2.47 bits per heavy atom. The van der Waals surface area contributed by atoms with Gasteiger partial charge >= 0.3 is 0 Å². The van der Waals surface area contributed by atoms with Crippen LogP contribution in [-0.4, -0.2) is 64.2 Å². The molecule has 0 bridgehead atoms. The number of carbonyl (C=O) groups excluding carboxylic acids is 1. The van der Waals surface area contributed by atoms with E-state index in [0.717, 1.165) is 5.56 Å². The van der Waals surface area contributed by atoms with Gasteiger partial charge in [0.25, 0.3) is 5.91 Å². The van der Waals surface area contributed by atoms with Gasteiger partial charge in [0.05, 0.1) is 24.7 Å².